The van der Waals surface area contributed by atoms with Gasteiger partial charge >= 0.3 is 0 Å². The van der Waals surface area contributed by atoms with Gasteiger partial charge in [0.1, 0.15) is 11.5 Å². The van der Waals surface area contributed by atoms with Crippen LogP contribution in [-0.4, -0.2) is 56.9 Å². The number of methoxy groups -OCH3 is 8. The van der Waals surface area contributed by atoms with E-state index in [4.69, 9.17) is 37.9 Å². The van der Waals surface area contributed by atoms with Crippen molar-refractivity contribution in [2.45, 2.75) is 12.8 Å². The normalized spacial score (nSPS) is 10.6. The Morgan fingerprint density at radius 2 is 0.806 bits per heavy atom. The summed E-state index contributed by atoms with van der Waals surface area (Å²) in [5.74, 6) is 24.8. The molecule has 0 radical (unpaired) electrons. The van der Waals surface area contributed by atoms with E-state index in [0.29, 0.717) is 47.3 Å². The second-order valence-corrected chi connectivity index (χ2v) is 13.7. The maximum Gasteiger partial charge on any atom is 0.203 e. The Hall–Kier alpha value is -7.86. The van der Waals surface area contributed by atoms with E-state index in [1.807, 2.05) is 84.9 Å². The summed E-state index contributed by atoms with van der Waals surface area (Å²) in [5.41, 5.74) is 9.27. The van der Waals surface area contributed by atoms with E-state index in [0.717, 1.165) is 67.2 Å². The van der Waals surface area contributed by atoms with E-state index in [9.17, 15) is 0 Å². The highest BCUT2D eigenvalue weighted by Gasteiger charge is 2.15. The van der Waals surface area contributed by atoms with Crippen LogP contribution in [0, 0.1) is 35.5 Å². The molecular weight excluding hydrogens is 777 g/mol. The number of hydrogen-bond acceptors (Lipinski definition) is 8. The second kappa shape index (κ2) is 21.4. The van der Waals surface area contributed by atoms with Gasteiger partial charge in [-0.25, -0.2) is 0 Å². The summed E-state index contributed by atoms with van der Waals surface area (Å²) < 4.78 is 44.2. The molecule has 6 rings (SSSR count). The van der Waals surface area contributed by atoms with Crippen LogP contribution in [-0.2, 0) is 12.8 Å². The molecule has 0 N–H and O–H groups in total. The predicted molar refractivity (Wildman–Crippen MR) is 244 cm³/mol. The SMILES string of the molecule is COc1cccc(C#C/C(Cc2ccc(C#Cc3cc(OC)c(OC)c(OC)c3)cc2)=C(\Cc2ccc(C#Cc3cc(OC)c(OC)c(OC)c3)cc2)c2cccc(OC)c2)c1. The molecule has 6 aromatic carbocycles. The number of ether oxygens (including phenoxy) is 8. The molecule has 8 heteroatoms. The first-order chi connectivity index (χ1) is 30.3. The van der Waals surface area contributed by atoms with Gasteiger partial charge in [0.05, 0.1) is 56.9 Å². The Balaban J connectivity index is 1.37. The van der Waals surface area contributed by atoms with Gasteiger partial charge in [0.25, 0.3) is 0 Å². The maximum atomic E-state index is 5.69. The lowest BCUT2D eigenvalue weighted by molar-refractivity contribution is 0.324. The van der Waals surface area contributed by atoms with Crippen LogP contribution >= 0.6 is 0 Å². The van der Waals surface area contributed by atoms with E-state index < -0.39 is 0 Å². The van der Waals surface area contributed by atoms with Crippen LogP contribution in [0.2, 0.25) is 0 Å². The van der Waals surface area contributed by atoms with E-state index >= 15 is 0 Å². The van der Waals surface area contributed by atoms with E-state index in [1.54, 1.807) is 56.9 Å². The lowest BCUT2D eigenvalue weighted by Crippen LogP contribution is -2.00. The highest BCUT2D eigenvalue weighted by molar-refractivity contribution is 5.76. The smallest absolute Gasteiger partial charge is 0.203 e. The Bertz CT molecular complexity index is 2680. The van der Waals surface area contributed by atoms with Gasteiger partial charge in [0.15, 0.2) is 23.0 Å². The molecule has 0 amide bonds. The molecule has 0 aliphatic carbocycles. The number of allylic oxidation sites excluding steroid dienone is 2. The van der Waals surface area contributed by atoms with E-state index in [-0.39, 0.29) is 0 Å². The van der Waals surface area contributed by atoms with Gasteiger partial charge in [-0.05, 0) is 108 Å². The van der Waals surface area contributed by atoms with Crippen molar-refractivity contribution in [3.05, 3.63) is 171 Å². The molecule has 0 aliphatic rings. The molecule has 0 saturated carbocycles. The van der Waals surface area contributed by atoms with Crippen LogP contribution in [0.5, 0.6) is 46.0 Å². The first-order valence-corrected chi connectivity index (χ1v) is 19.7. The van der Waals surface area contributed by atoms with Crippen LogP contribution in [0.25, 0.3) is 5.57 Å². The monoisotopic (exact) mass is 824 g/mol. The minimum atomic E-state index is 0.520. The van der Waals surface area contributed by atoms with Gasteiger partial charge in [-0.3, -0.25) is 0 Å². The molecule has 0 aliphatic heterocycles. The quantitative estimate of drug-likeness (QED) is 0.107. The van der Waals surface area contributed by atoms with Crippen molar-refractivity contribution in [3.8, 4) is 81.5 Å². The first-order valence-electron chi connectivity index (χ1n) is 19.7. The minimum absolute atomic E-state index is 0.520. The van der Waals surface area contributed by atoms with Gasteiger partial charge in [-0.15, -0.1) is 0 Å². The van der Waals surface area contributed by atoms with Crippen LogP contribution in [0.4, 0.5) is 0 Å². The Morgan fingerprint density at radius 1 is 0.371 bits per heavy atom. The zero-order valence-electron chi connectivity index (χ0n) is 36.2. The van der Waals surface area contributed by atoms with Gasteiger partial charge in [-0.1, -0.05) is 78.0 Å². The van der Waals surface area contributed by atoms with Crippen LogP contribution in [0.3, 0.4) is 0 Å². The molecule has 0 heterocycles. The molecular formula is C54H48O8. The minimum Gasteiger partial charge on any atom is -0.497 e. The van der Waals surface area contributed by atoms with E-state index in [1.165, 1.54) is 0 Å². The van der Waals surface area contributed by atoms with E-state index in [2.05, 4.69) is 71.9 Å². The highest BCUT2D eigenvalue weighted by Crippen LogP contribution is 2.39. The van der Waals surface area contributed by atoms with Gasteiger partial charge < -0.3 is 37.9 Å². The van der Waals surface area contributed by atoms with Crippen molar-refractivity contribution in [3.63, 3.8) is 0 Å². The Labute approximate surface area is 365 Å². The highest BCUT2D eigenvalue weighted by atomic mass is 16.5. The molecule has 0 saturated heterocycles. The van der Waals surface area contributed by atoms with Gasteiger partial charge in [-0.2, -0.15) is 0 Å². The number of hydrogen-bond donors (Lipinski definition) is 0. The summed E-state index contributed by atoms with van der Waals surface area (Å²) in [4.78, 5) is 0. The molecule has 0 fully saturated rings. The lowest BCUT2D eigenvalue weighted by Gasteiger charge is -2.15. The van der Waals surface area contributed by atoms with Crippen molar-refractivity contribution < 1.29 is 37.9 Å². The third-order valence-electron chi connectivity index (χ3n) is 9.91. The second-order valence-electron chi connectivity index (χ2n) is 13.7. The molecule has 0 atom stereocenters. The van der Waals surface area contributed by atoms with Gasteiger partial charge in [0.2, 0.25) is 11.5 Å². The van der Waals surface area contributed by atoms with Crippen molar-refractivity contribution in [2.75, 3.05) is 56.9 Å². The molecule has 0 aromatic heterocycles. The van der Waals surface area contributed by atoms with Crippen LogP contribution in [0.15, 0.2) is 127 Å². The Morgan fingerprint density at radius 3 is 1.26 bits per heavy atom. The number of rotatable bonds is 13. The average Bonchev–Trinajstić information content (AvgIpc) is 3.33. The summed E-state index contributed by atoms with van der Waals surface area (Å²) in [6.07, 6.45) is 1.18. The zero-order valence-corrected chi connectivity index (χ0v) is 36.2. The molecule has 312 valence electrons. The standard InChI is InChI=1S/C54H48O8/c1-55-46-13-9-11-39(30-46)27-28-45(29-40-21-15-37(16-22-40)19-25-42-32-49(57-3)53(61-7)50(33-42)58-4)48(44-12-10-14-47(36-44)56-2)31-41-23-17-38(18-24-41)20-26-43-34-51(59-5)54(62-8)52(35-43)60-6/h9-18,21-24,30,32-36H,29,31H2,1-8H3/b48-45-. The van der Waals surface area contributed by atoms with Crippen molar-refractivity contribution in [2.24, 2.45) is 0 Å². The fraction of sp³-hybridized carbons (Fsp3) is 0.185. The average molecular weight is 825 g/mol. The largest absolute Gasteiger partial charge is 0.497 e. The fourth-order valence-electron chi connectivity index (χ4n) is 6.68. The molecule has 62 heavy (non-hydrogen) atoms. The topological polar surface area (TPSA) is 73.8 Å². The van der Waals surface area contributed by atoms with Crippen molar-refractivity contribution in [1.82, 2.24) is 0 Å². The molecule has 6 aromatic rings. The number of benzene rings is 6. The molecule has 0 unspecified atom stereocenters. The first kappa shape index (κ1) is 43.7. The van der Waals surface area contributed by atoms with Crippen LogP contribution in [0.1, 0.15) is 44.5 Å². The third kappa shape index (κ3) is 11.0. The summed E-state index contributed by atoms with van der Waals surface area (Å²) in [6, 6.07) is 39.7. The fourth-order valence-corrected chi connectivity index (χ4v) is 6.68. The van der Waals surface area contributed by atoms with Crippen molar-refractivity contribution in [1.29, 1.82) is 0 Å². The zero-order chi connectivity index (χ0) is 43.8. The third-order valence-corrected chi connectivity index (χ3v) is 9.91. The van der Waals surface area contributed by atoms with Crippen molar-refractivity contribution >= 4 is 5.57 Å². The lowest BCUT2D eigenvalue weighted by atomic mass is 9.90. The summed E-state index contributed by atoms with van der Waals surface area (Å²) >= 11 is 0. The maximum absolute atomic E-state index is 5.69. The van der Waals surface area contributed by atoms with Crippen LogP contribution < -0.4 is 37.9 Å². The summed E-state index contributed by atoms with van der Waals surface area (Å²) in [5, 5.41) is 0. The molecule has 8 nitrogen and oxygen atoms in total. The molecule has 0 bridgehead atoms. The predicted octanol–water partition coefficient (Wildman–Crippen LogP) is 9.85. The molecule has 0 spiro atoms. The van der Waals surface area contributed by atoms with Gasteiger partial charge in [0, 0.05) is 39.8 Å². The summed E-state index contributed by atoms with van der Waals surface area (Å²) in [7, 11) is 12.8. The Kier molecular flexibility index (Phi) is 15.1. The summed E-state index contributed by atoms with van der Waals surface area (Å²) in [6.45, 7) is 0.